The van der Waals surface area contributed by atoms with Crippen LogP contribution in [0.3, 0.4) is 0 Å². The SMILES string of the molecule is COc1ncnc(C2CC2)c1-c1ncc2ccc(=O)n(Cc3ccc(-c4ccccn4)cc3)c2n1. The molecule has 5 aromatic rings. The maximum absolute atomic E-state index is 12.9. The van der Waals surface area contributed by atoms with Crippen molar-refractivity contribution in [3.63, 3.8) is 0 Å². The predicted octanol–water partition coefficient (Wildman–Crippen LogP) is 4.24. The van der Waals surface area contributed by atoms with Gasteiger partial charge in [-0.1, -0.05) is 30.3 Å². The zero-order valence-corrected chi connectivity index (χ0v) is 19.1. The minimum absolute atomic E-state index is 0.130. The molecule has 6 rings (SSSR count). The van der Waals surface area contributed by atoms with Gasteiger partial charge in [0.1, 0.15) is 17.5 Å². The van der Waals surface area contributed by atoms with Crippen LogP contribution in [0.1, 0.15) is 30.0 Å². The van der Waals surface area contributed by atoms with E-state index in [1.54, 1.807) is 36.2 Å². The summed E-state index contributed by atoms with van der Waals surface area (Å²) < 4.78 is 7.19. The smallest absolute Gasteiger partial charge is 0.252 e. The van der Waals surface area contributed by atoms with Gasteiger partial charge in [0.05, 0.1) is 25.0 Å². The first-order valence-electron chi connectivity index (χ1n) is 11.5. The number of ether oxygens (including phenoxy) is 1. The first-order valence-corrected chi connectivity index (χ1v) is 11.5. The number of pyridine rings is 2. The topological polar surface area (TPSA) is 95.7 Å². The van der Waals surface area contributed by atoms with Crippen LogP contribution in [0.5, 0.6) is 5.88 Å². The van der Waals surface area contributed by atoms with E-state index in [1.165, 1.54) is 6.33 Å². The van der Waals surface area contributed by atoms with E-state index >= 15 is 0 Å². The van der Waals surface area contributed by atoms with Crippen LogP contribution >= 0.6 is 0 Å². The Labute approximate surface area is 201 Å². The van der Waals surface area contributed by atoms with Crippen LogP contribution in [-0.2, 0) is 6.54 Å². The highest BCUT2D eigenvalue weighted by Gasteiger charge is 2.31. The van der Waals surface area contributed by atoms with Gasteiger partial charge in [-0.15, -0.1) is 0 Å². The molecule has 4 aromatic heterocycles. The first-order chi connectivity index (χ1) is 17.2. The molecule has 4 heterocycles. The summed E-state index contributed by atoms with van der Waals surface area (Å²) in [6, 6.07) is 17.2. The quantitative estimate of drug-likeness (QED) is 0.372. The molecule has 0 amide bonds. The monoisotopic (exact) mass is 462 g/mol. The van der Waals surface area contributed by atoms with Crippen molar-refractivity contribution in [3.8, 4) is 28.5 Å². The molecule has 1 saturated carbocycles. The molecule has 0 N–H and O–H groups in total. The maximum Gasteiger partial charge on any atom is 0.252 e. The molecule has 8 nitrogen and oxygen atoms in total. The van der Waals surface area contributed by atoms with Gasteiger partial charge >= 0.3 is 0 Å². The third-order valence-corrected chi connectivity index (χ3v) is 6.20. The maximum atomic E-state index is 12.9. The molecule has 8 heteroatoms. The van der Waals surface area contributed by atoms with Crippen LogP contribution in [0.4, 0.5) is 0 Å². The highest BCUT2D eigenvalue weighted by Crippen LogP contribution is 2.44. The van der Waals surface area contributed by atoms with Gasteiger partial charge in [-0.05, 0) is 36.6 Å². The molecule has 1 aromatic carbocycles. The molecule has 0 saturated heterocycles. The Morgan fingerprint density at radius 1 is 0.971 bits per heavy atom. The van der Waals surface area contributed by atoms with Crippen molar-refractivity contribution in [2.75, 3.05) is 7.11 Å². The van der Waals surface area contributed by atoms with E-state index in [4.69, 9.17) is 9.72 Å². The molecule has 1 aliphatic carbocycles. The summed E-state index contributed by atoms with van der Waals surface area (Å²) in [7, 11) is 1.58. The summed E-state index contributed by atoms with van der Waals surface area (Å²) in [4.78, 5) is 35.5. The zero-order valence-electron chi connectivity index (χ0n) is 19.1. The number of hydrogen-bond acceptors (Lipinski definition) is 7. The molecule has 35 heavy (non-hydrogen) atoms. The van der Waals surface area contributed by atoms with Gasteiger partial charge in [0.15, 0.2) is 5.82 Å². The highest BCUT2D eigenvalue weighted by molar-refractivity contribution is 5.78. The molecular weight excluding hydrogens is 440 g/mol. The average molecular weight is 463 g/mol. The molecule has 0 unspecified atom stereocenters. The van der Waals surface area contributed by atoms with Gasteiger partial charge in [0.25, 0.3) is 5.56 Å². The Balaban J connectivity index is 1.42. The van der Waals surface area contributed by atoms with Crippen molar-refractivity contribution >= 4 is 11.0 Å². The van der Waals surface area contributed by atoms with Gasteiger partial charge < -0.3 is 4.74 Å². The second kappa shape index (κ2) is 8.72. The lowest BCUT2D eigenvalue weighted by molar-refractivity contribution is 0.397. The molecule has 0 aliphatic heterocycles. The van der Waals surface area contributed by atoms with E-state index in [1.807, 2.05) is 42.5 Å². The summed E-state index contributed by atoms with van der Waals surface area (Å²) >= 11 is 0. The third-order valence-electron chi connectivity index (χ3n) is 6.20. The van der Waals surface area contributed by atoms with E-state index in [-0.39, 0.29) is 5.56 Å². The summed E-state index contributed by atoms with van der Waals surface area (Å²) in [5, 5.41) is 0.780. The summed E-state index contributed by atoms with van der Waals surface area (Å²) in [5.74, 6) is 1.26. The molecular formula is C27H22N6O2. The van der Waals surface area contributed by atoms with Gasteiger partial charge in [0, 0.05) is 35.3 Å². The average Bonchev–Trinajstić information content (AvgIpc) is 3.76. The third kappa shape index (κ3) is 4.03. The predicted molar refractivity (Wildman–Crippen MR) is 132 cm³/mol. The van der Waals surface area contributed by atoms with Gasteiger partial charge in [-0.25, -0.2) is 19.9 Å². The van der Waals surface area contributed by atoms with Crippen LogP contribution in [0.2, 0.25) is 0 Å². The molecule has 172 valence electrons. The Morgan fingerprint density at radius 2 is 1.83 bits per heavy atom. The largest absolute Gasteiger partial charge is 0.480 e. The first kappa shape index (κ1) is 21.1. The lowest BCUT2D eigenvalue weighted by Gasteiger charge is -2.13. The Kier molecular flexibility index (Phi) is 5.25. The fourth-order valence-corrected chi connectivity index (χ4v) is 4.26. The van der Waals surface area contributed by atoms with Crippen molar-refractivity contribution in [2.24, 2.45) is 0 Å². The Morgan fingerprint density at radius 3 is 2.57 bits per heavy atom. The van der Waals surface area contributed by atoms with E-state index in [0.717, 1.165) is 40.7 Å². The summed E-state index contributed by atoms with van der Waals surface area (Å²) in [6.45, 7) is 0.382. The fraction of sp³-hybridized carbons (Fsp3) is 0.185. The Bertz CT molecular complexity index is 1580. The van der Waals surface area contributed by atoms with Crippen molar-refractivity contribution in [3.05, 3.63) is 94.9 Å². The number of fused-ring (bicyclic) bond motifs is 1. The number of aromatic nitrogens is 6. The van der Waals surface area contributed by atoms with Gasteiger partial charge in [0.2, 0.25) is 5.88 Å². The Hall–Kier alpha value is -4.46. The van der Waals surface area contributed by atoms with Crippen molar-refractivity contribution < 1.29 is 4.74 Å². The molecule has 1 aliphatic rings. The van der Waals surface area contributed by atoms with Gasteiger partial charge in [-0.3, -0.25) is 14.3 Å². The van der Waals surface area contributed by atoms with Crippen LogP contribution in [0.15, 0.2) is 78.1 Å². The van der Waals surface area contributed by atoms with Crippen molar-refractivity contribution in [1.29, 1.82) is 0 Å². The molecule has 0 atom stereocenters. The van der Waals surface area contributed by atoms with E-state index < -0.39 is 0 Å². The van der Waals surface area contributed by atoms with Crippen molar-refractivity contribution in [1.82, 2.24) is 29.5 Å². The van der Waals surface area contributed by atoms with Crippen LogP contribution < -0.4 is 10.3 Å². The van der Waals surface area contributed by atoms with Crippen LogP contribution in [0.25, 0.3) is 33.7 Å². The zero-order chi connectivity index (χ0) is 23.8. The molecule has 0 bridgehead atoms. The van der Waals surface area contributed by atoms with E-state index in [2.05, 4.69) is 19.9 Å². The minimum Gasteiger partial charge on any atom is -0.480 e. The minimum atomic E-state index is -0.130. The van der Waals surface area contributed by atoms with Gasteiger partial charge in [-0.2, -0.15) is 0 Å². The lowest BCUT2D eigenvalue weighted by Crippen LogP contribution is -2.21. The normalized spacial score (nSPS) is 13.2. The fourth-order valence-electron chi connectivity index (χ4n) is 4.26. The highest BCUT2D eigenvalue weighted by atomic mass is 16.5. The summed E-state index contributed by atoms with van der Waals surface area (Å²) in [5.41, 5.74) is 4.93. The van der Waals surface area contributed by atoms with Crippen molar-refractivity contribution in [2.45, 2.75) is 25.3 Å². The standard InChI is InChI=1S/C27H22N6O2/c1-35-27-23(24(19-9-10-19)30-16-31-27)25-29-14-20-11-12-22(34)33(26(20)32-25)15-17-5-7-18(8-6-17)21-4-2-3-13-28-21/h2-8,11-14,16,19H,9-10,15H2,1H3. The summed E-state index contributed by atoms with van der Waals surface area (Å²) in [6.07, 6.45) is 7.17. The molecule has 1 fully saturated rings. The second-order valence-corrected chi connectivity index (χ2v) is 8.56. The lowest BCUT2D eigenvalue weighted by atomic mass is 10.1. The number of rotatable bonds is 6. The molecule has 0 spiro atoms. The number of nitrogens with zero attached hydrogens (tertiary/aromatic N) is 6. The number of methoxy groups -OCH3 is 1. The number of hydrogen-bond donors (Lipinski definition) is 0. The van der Waals surface area contributed by atoms with Crippen LogP contribution in [0, 0.1) is 0 Å². The molecule has 0 radical (unpaired) electrons. The van der Waals surface area contributed by atoms with E-state index in [0.29, 0.717) is 35.4 Å². The van der Waals surface area contributed by atoms with E-state index in [9.17, 15) is 4.79 Å². The second-order valence-electron chi connectivity index (χ2n) is 8.56. The van der Waals surface area contributed by atoms with Crippen LogP contribution in [-0.4, -0.2) is 36.6 Å². The number of benzene rings is 1.